The van der Waals surface area contributed by atoms with E-state index in [4.69, 9.17) is 0 Å². The minimum atomic E-state index is -0.0479. The first-order valence-corrected chi connectivity index (χ1v) is 8.80. The van der Waals surface area contributed by atoms with Crippen molar-refractivity contribution >= 4 is 17.2 Å². The summed E-state index contributed by atoms with van der Waals surface area (Å²) in [4.78, 5) is 24.1. The van der Waals surface area contributed by atoms with Gasteiger partial charge in [-0.05, 0) is 5.56 Å². The number of benzene rings is 1. The first-order valence-electron chi connectivity index (χ1n) is 7.92. The molecule has 6 heteroatoms. The highest BCUT2D eigenvalue weighted by Crippen LogP contribution is 2.19. The molecule has 3 rings (SSSR count). The first kappa shape index (κ1) is 16.4. The van der Waals surface area contributed by atoms with Gasteiger partial charge < -0.3 is 10.3 Å². The van der Waals surface area contributed by atoms with E-state index < -0.39 is 0 Å². The van der Waals surface area contributed by atoms with Crippen LogP contribution < -0.4 is 5.32 Å². The lowest BCUT2D eigenvalue weighted by Crippen LogP contribution is -2.25. The van der Waals surface area contributed by atoms with E-state index in [2.05, 4.69) is 34.1 Å². The van der Waals surface area contributed by atoms with E-state index in [1.807, 2.05) is 35.7 Å². The van der Waals surface area contributed by atoms with Crippen LogP contribution in [0.1, 0.15) is 36.3 Å². The van der Waals surface area contributed by atoms with Gasteiger partial charge in [0.2, 0.25) is 5.91 Å². The standard InChI is InChI=1S/C18H20N4OS/c1-12(2)18-21-14(11-24-18)8-17(23)20-10-16-19-9-15(22-16)13-6-4-3-5-7-13/h3-7,9,11-12H,8,10H2,1-2H3,(H,19,22)(H,20,23). The van der Waals surface area contributed by atoms with Crippen LogP contribution in [0.3, 0.4) is 0 Å². The number of imidazole rings is 1. The molecule has 0 aliphatic carbocycles. The largest absolute Gasteiger partial charge is 0.349 e. The minimum absolute atomic E-state index is 0.0479. The fraction of sp³-hybridized carbons (Fsp3) is 0.278. The van der Waals surface area contributed by atoms with Gasteiger partial charge in [0.1, 0.15) is 5.82 Å². The van der Waals surface area contributed by atoms with E-state index in [-0.39, 0.29) is 5.91 Å². The number of aromatic nitrogens is 3. The molecule has 0 unspecified atom stereocenters. The van der Waals surface area contributed by atoms with Gasteiger partial charge in [-0.3, -0.25) is 4.79 Å². The first-order chi connectivity index (χ1) is 11.6. The van der Waals surface area contributed by atoms with Gasteiger partial charge in [-0.1, -0.05) is 44.2 Å². The van der Waals surface area contributed by atoms with Crippen LogP contribution >= 0.6 is 11.3 Å². The Labute approximate surface area is 145 Å². The molecule has 2 N–H and O–H groups in total. The Hall–Kier alpha value is -2.47. The average molecular weight is 340 g/mol. The van der Waals surface area contributed by atoms with Crippen LogP contribution in [0.15, 0.2) is 41.9 Å². The zero-order valence-electron chi connectivity index (χ0n) is 13.7. The number of thiazole rings is 1. The van der Waals surface area contributed by atoms with Crippen molar-refractivity contribution in [1.29, 1.82) is 0 Å². The molecule has 0 saturated heterocycles. The van der Waals surface area contributed by atoms with E-state index in [1.54, 1.807) is 17.5 Å². The van der Waals surface area contributed by atoms with E-state index in [1.165, 1.54) is 0 Å². The highest BCUT2D eigenvalue weighted by Gasteiger charge is 2.10. The molecule has 124 valence electrons. The van der Waals surface area contributed by atoms with Gasteiger partial charge in [0.15, 0.2) is 0 Å². The SMILES string of the molecule is CC(C)c1nc(CC(=O)NCc2ncc(-c3ccccc3)[nH]2)cs1. The van der Waals surface area contributed by atoms with Gasteiger partial charge in [0.05, 0.1) is 35.6 Å². The van der Waals surface area contributed by atoms with Gasteiger partial charge in [-0.15, -0.1) is 11.3 Å². The van der Waals surface area contributed by atoms with Crippen molar-refractivity contribution in [2.45, 2.75) is 32.7 Å². The molecule has 0 aliphatic rings. The molecule has 1 amide bonds. The van der Waals surface area contributed by atoms with Crippen LogP contribution in [0, 0.1) is 0 Å². The summed E-state index contributed by atoms with van der Waals surface area (Å²) < 4.78 is 0. The fourth-order valence-corrected chi connectivity index (χ4v) is 3.13. The number of carbonyl (C=O) groups is 1. The lowest BCUT2D eigenvalue weighted by Gasteiger charge is -2.02. The number of hydrogen-bond acceptors (Lipinski definition) is 4. The molecule has 0 bridgehead atoms. The molecule has 2 heterocycles. The predicted octanol–water partition coefficient (Wildman–Crippen LogP) is 3.52. The van der Waals surface area contributed by atoms with Crippen molar-refractivity contribution in [2.75, 3.05) is 0 Å². The highest BCUT2D eigenvalue weighted by molar-refractivity contribution is 7.09. The highest BCUT2D eigenvalue weighted by atomic mass is 32.1. The molecule has 0 spiro atoms. The van der Waals surface area contributed by atoms with Crippen LogP contribution in [0.25, 0.3) is 11.3 Å². The second-order valence-electron chi connectivity index (χ2n) is 5.89. The Balaban J connectivity index is 1.54. The number of hydrogen-bond donors (Lipinski definition) is 2. The second kappa shape index (κ2) is 7.40. The average Bonchev–Trinajstić information content (AvgIpc) is 3.23. The van der Waals surface area contributed by atoms with Crippen LogP contribution in [0.5, 0.6) is 0 Å². The molecule has 2 aromatic heterocycles. The molecule has 0 radical (unpaired) electrons. The van der Waals surface area contributed by atoms with Gasteiger partial charge in [0, 0.05) is 11.3 Å². The number of H-pyrrole nitrogens is 1. The van der Waals surface area contributed by atoms with Crippen molar-refractivity contribution in [3.05, 3.63) is 58.4 Å². The summed E-state index contributed by atoms with van der Waals surface area (Å²) in [7, 11) is 0. The predicted molar refractivity (Wildman–Crippen MR) is 95.8 cm³/mol. The molecule has 0 aliphatic heterocycles. The molecular weight excluding hydrogens is 320 g/mol. The lowest BCUT2D eigenvalue weighted by molar-refractivity contribution is -0.120. The molecule has 24 heavy (non-hydrogen) atoms. The molecule has 3 aromatic rings. The third-order valence-electron chi connectivity index (χ3n) is 3.57. The number of aromatic amines is 1. The summed E-state index contributed by atoms with van der Waals surface area (Å²) in [5.74, 6) is 1.09. The van der Waals surface area contributed by atoms with Crippen molar-refractivity contribution in [2.24, 2.45) is 0 Å². The van der Waals surface area contributed by atoms with E-state index in [9.17, 15) is 4.79 Å². The number of nitrogens with one attached hydrogen (secondary N) is 2. The maximum Gasteiger partial charge on any atom is 0.226 e. The third kappa shape index (κ3) is 4.08. The maximum absolute atomic E-state index is 12.1. The number of rotatable bonds is 6. The summed E-state index contributed by atoms with van der Waals surface area (Å²) in [6.07, 6.45) is 2.08. The van der Waals surface area contributed by atoms with E-state index >= 15 is 0 Å². The normalized spacial score (nSPS) is 11.0. The van der Waals surface area contributed by atoms with Crippen LogP contribution in [0.4, 0.5) is 0 Å². The molecule has 0 saturated carbocycles. The topological polar surface area (TPSA) is 70.7 Å². The number of nitrogens with zero attached hydrogens (tertiary/aromatic N) is 2. The van der Waals surface area contributed by atoms with E-state index in [0.29, 0.717) is 18.9 Å². The van der Waals surface area contributed by atoms with Crippen LogP contribution in [0.2, 0.25) is 0 Å². The van der Waals surface area contributed by atoms with E-state index in [0.717, 1.165) is 27.8 Å². The monoisotopic (exact) mass is 340 g/mol. The summed E-state index contributed by atoms with van der Waals surface area (Å²) >= 11 is 1.61. The van der Waals surface area contributed by atoms with Crippen molar-refractivity contribution in [3.63, 3.8) is 0 Å². The Morgan fingerprint density at radius 3 is 2.79 bits per heavy atom. The third-order valence-corrected chi connectivity index (χ3v) is 4.77. The van der Waals surface area contributed by atoms with Gasteiger partial charge in [0.25, 0.3) is 0 Å². The van der Waals surface area contributed by atoms with Gasteiger partial charge in [-0.25, -0.2) is 9.97 Å². The van der Waals surface area contributed by atoms with Gasteiger partial charge >= 0.3 is 0 Å². The smallest absolute Gasteiger partial charge is 0.226 e. The Bertz CT molecular complexity index is 807. The number of carbonyl (C=O) groups excluding carboxylic acids is 1. The molecular formula is C18H20N4OS. The summed E-state index contributed by atoms with van der Waals surface area (Å²) in [6, 6.07) is 9.98. The van der Waals surface area contributed by atoms with Gasteiger partial charge in [-0.2, -0.15) is 0 Å². The summed E-state index contributed by atoms with van der Waals surface area (Å²) in [6.45, 7) is 4.58. The quantitative estimate of drug-likeness (QED) is 0.721. The van der Waals surface area contributed by atoms with Crippen LogP contribution in [-0.4, -0.2) is 20.9 Å². The van der Waals surface area contributed by atoms with Crippen LogP contribution in [-0.2, 0) is 17.8 Å². The second-order valence-corrected chi connectivity index (χ2v) is 6.78. The molecule has 0 atom stereocenters. The van der Waals surface area contributed by atoms with Crippen molar-refractivity contribution < 1.29 is 4.79 Å². The van der Waals surface area contributed by atoms with Crippen molar-refractivity contribution in [3.8, 4) is 11.3 Å². The molecule has 5 nitrogen and oxygen atoms in total. The maximum atomic E-state index is 12.1. The van der Waals surface area contributed by atoms with Crippen molar-refractivity contribution in [1.82, 2.24) is 20.3 Å². The fourth-order valence-electron chi connectivity index (χ4n) is 2.30. The molecule has 1 aromatic carbocycles. The zero-order chi connectivity index (χ0) is 16.9. The lowest BCUT2D eigenvalue weighted by atomic mass is 10.2. The Morgan fingerprint density at radius 1 is 1.29 bits per heavy atom. The minimum Gasteiger partial charge on any atom is -0.349 e. The molecule has 0 fully saturated rings. The Kier molecular flexibility index (Phi) is 5.05. The Morgan fingerprint density at radius 2 is 2.08 bits per heavy atom. The summed E-state index contributed by atoms with van der Waals surface area (Å²) in [5, 5.41) is 5.90. The number of amides is 1. The zero-order valence-corrected chi connectivity index (χ0v) is 14.6. The summed E-state index contributed by atoms with van der Waals surface area (Å²) in [5.41, 5.74) is 2.85.